The van der Waals surface area contributed by atoms with E-state index in [9.17, 15) is 14.7 Å². The molecule has 1 saturated carbocycles. The van der Waals surface area contributed by atoms with Crippen LogP contribution in [-0.2, 0) is 19.1 Å². The summed E-state index contributed by atoms with van der Waals surface area (Å²) in [5.74, 6) is 1.78. The molecule has 7 atom stereocenters. The van der Waals surface area contributed by atoms with Crippen LogP contribution in [0.2, 0.25) is 0 Å². The lowest BCUT2D eigenvalue weighted by molar-refractivity contribution is -0.145. The maximum absolute atomic E-state index is 17.0. The van der Waals surface area contributed by atoms with Crippen molar-refractivity contribution in [3.8, 4) is 39.5 Å². The Balaban J connectivity index is 0.983. The number of aliphatic hydroxyl groups excluding tert-OH is 1. The third-order valence-corrected chi connectivity index (χ3v) is 14.7. The number of aromatic nitrogens is 5. The summed E-state index contributed by atoms with van der Waals surface area (Å²) in [6.45, 7) is 8.96. The van der Waals surface area contributed by atoms with Gasteiger partial charge in [-0.25, -0.2) is 14.4 Å². The van der Waals surface area contributed by atoms with Gasteiger partial charge in [0.1, 0.15) is 29.0 Å². The van der Waals surface area contributed by atoms with Crippen molar-refractivity contribution in [1.82, 2.24) is 39.6 Å². The zero-order valence-electron chi connectivity index (χ0n) is 39.6. The van der Waals surface area contributed by atoms with E-state index in [2.05, 4.69) is 50.2 Å². The Kier molecular flexibility index (Phi) is 12.8. The minimum atomic E-state index is -1.26. The molecule has 5 aromatic rings. The lowest BCUT2D eigenvalue weighted by Crippen LogP contribution is -2.52. The molecule has 10 rings (SSSR count). The molecule has 3 fully saturated rings. The van der Waals surface area contributed by atoms with Gasteiger partial charge in [0.05, 0.1) is 70.8 Å². The summed E-state index contributed by atoms with van der Waals surface area (Å²) in [6.07, 6.45) is 16.6. The largest absolute Gasteiger partial charge is 0.491 e. The summed E-state index contributed by atoms with van der Waals surface area (Å²) in [5, 5.41) is 14.0. The highest BCUT2D eigenvalue weighted by Crippen LogP contribution is 2.49. The first-order valence-electron chi connectivity index (χ1n) is 24.5. The van der Waals surface area contributed by atoms with Crippen molar-refractivity contribution in [2.24, 2.45) is 23.5 Å². The normalized spacial score (nSPS) is 23.0. The van der Waals surface area contributed by atoms with Gasteiger partial charge in [-0.05, 0) is 112 Å². The SMILES string of the molecule is COC(O)NC(C(=O)N1CCCC1c1ncc(-c2ccc3c(c2)cc2n3C(C3C=C(OC4CCCC4)C=CC3)Oc3cc(-c4cnc(C5CCCN5C(=O)C(N)C(C)C)[nH]4)cc(F)c3-2)[nH]1)C(C)C. The van der Waals surface area contributed by atoms with Gasteiger partial charge in [0.15, 0.2) is 6.23 Å². The number of imidazole rings is 2. The van der Waals surface area contributed by atoms with Crippen LogP contribution in [0.4, 0.5) is 4.39 Å². The van der Waals surface area contributed by atoms with Gasteiger partial charge >= 0.3 is 0 Å². The minimum Gasteiger partial charge on any atom is -0.491 e. The summed E-state index contributed by atoms with van der Waals surface area (Å²) in [7, 11) is 1.39. The number of amides is 2. The lowest BCUT2D eigenvalue weighted by atomic mass is 9.95. The fourth-order valence-electron chi connectivity index (χ4n) is 10.9. The van der Waals surface area contributed by atoms with Gasteiger partial charge in [-0.2, -0.15) is 0 Å². The number of methoxy groups -OCH3 is 1. The van der Waals surface area contributed by atoms with Crippen molar-refractivity contribution in [2.75, 3.05) is 20.2 Å². The van der Waals surface area contributed by atoms with Crippen LogP contribution >= 0.6 is 0 Å². The molecule has 3 aromatic heterocycles. The molecule has 68 heavy (non-hydrogen) atoms. The van der Waals surface area contributed by atoms with Gasteiger partial charge in [0.2, 0.25) is 18.2 Å². The number of nitrogens with two attached hydrogens (primary N) is 1. The van der Waals surface area contributed by atoms with Crippen LogP contribution in [-0.4, -0.2) is 96.0 Å². The third kappa shape index (κ3) is 8.64. The molecule has 360 valence electrons. The number of aliphatic hydroxyl groups is 1. The van der Waals surface area contributed by atoms with Gasteiger partial charge in [0.25, 0.3) is 0 Å². The molecule has 2 saturated heterocycles. The summed E-state index contributed by atoms with van der Waals surface area (Å²) < 4.78 is 37.6. The number of ether oxygens (including phenoxy) is 3. The van der Waals surface area contributed by atoms with Crippen LogP contribution in [0, 0.1) is 23.6 Å². The number of benzene rings is 2. The second-order valence-electron chi connectivity index (χ2n) is 19.9. The molecule has 15 nitrogen and oxygen atoms in total. The molecule has 5 aliphatic rings. The van der Waals surface area contributed by atoms with E-state index in [1.807, 2.05) is 55.7 Å². The summed E-state index contributed by atoms with van der Waals surface area (Å²) in [4.78, 5) is 47.4. The number of nitrogens with zero attached hydrogens (tertiary/aromatic N) is 5. The average Bonchev–Trinajstić information content (AvgIpc) is 4.20. The predicted octanol–water partition coefficient (Wildman–Crippen LogP) is 8.38. The number of likely N-dealkylation sites (tertiary alicyclic amines) is 2. The number of carbonyl (C=O) groups is 2. The molecular formula is C52H64FN9O6. The molecule has 6 N–H and O–H groups in total. The summed E-state index contributed by atoms with van der Waals surface area (Å²) in [6, 6.07) is 9.92. The first kappa shape index (κ1) is 45.9. The van der Waals surface area contributed by atoms with Gasteiger partial charge in [0, 0.05) is 42.6 Å². The first-order valence-corrected chi connectivity index (χ1v) is 24.5. The minimum absolute atomic E-state index is 0.00802. The van der Waals surface area contributed by atoms with Crippen molar-refractivity contribution < 1.29 is 33.3 Å². The Morgan fingerprint density at radius 3 is 2.22 bits per heavy atom. The van der Waals surface area contributed by atoms with Gasteiger partial charge < -0.3 is 49.4 Å². The molecule has 7 unspecified atom stereocenters. The van der Waals surface area contributed by atoms with Crippen molar-refractivity contribution in [1.29, 1.82) is 0 Å². The monoisotopic (exact) mass is 929 g/mol. The maximum Gasteiger partial charge on any atom is 0.240 e. The number of hydrogen-bond acceptors (Lipinski definition) is 10. The van der Waals surface area contributed by atoms with E-state index in [1.165, 1.54) is 26.0 Å². The van der Waals surface area contributed by atoms with Crippen LogP contribution < -0.4 is 15.8 Å². The number of fused-ring (bicyclic) bond motifs is 5. The van der Waals surface area contributed by atoms with Crippen LogP contribution in [0.15, 0.2) is 72.8 Å². The van der Waals surface area contributed by atoms with Crippen LogP contribution in [0.25, 0.3) is 44.7 Å². The Labute approximate surface area is 396 Å². The Morgan fingerprint density at radius 2 is 1.56 bits per heavy atom. The standard InChI is InChI=1S/C52H64FN9O6/c1-28(2)45(54)49(63)60-19-9-15-40(60)47-56-27-38(58-47)32-23-36(53)44-42-24-33-21-30(37-26-55-48(57-37)41-16-10-20-61(41)50(64)46(29(3)4)59-52(65)66-5)17-18-39(33)62(42)51(68-43(44)25-32)31-11-8-14-35(22-31)67-34-12-6-7-13-34/h8,14,17-18,21-29,31,34,40-41,45-46,51-52,59,65H,6-7,9-13,15-16,19-20,54H2,1-5H3,(H,55,57)(H,56,58). The Morgan fingerprint density at radius 1 is 0.882 bits per heavy atom. The van der Waals surface area contributed by atoms with E-state index in [4.69, 9.17) is 29.9 Å². The molecule has 2 aliphatic carbocycles. The highest BCUT2D eigenvalue weighted by atomic mass is 19.1. The van der Waals surface area contributed by atoms with Gasteiger partial charge in [-0.15, -0.1) is 0 Å². The molecule has 0 radical (unpaired) electrons. The number of aromatic amines is 2. The van der Waals surface area contributed by atoms with E-state index in [0.717, 1.165) is 66.4 Å². The highest BCUT2D eigenvalue weighted by Gasteiger charge is 2.40. The van der Waals surface area contributed by atoms with Crippen molar-refractivity contribution in [3.63, 3.8) is 0 Å². The number of allylic oxidation sites excluding steroid dienone is 2. The maximum atomic E-state index is 17.0. The van der Waals surface area contributed by atoms with Gasteiger partial charge in [-0.3, -0.25) is 14.9 Å². The quantitative estimate of drug-likeness (QED) is 0.0677. The van der Waals surface area contributed by atoms with Crippen LogP contribution in [0.1, 0.15) is 115 Å². The number of rotatable bonds is 14. The smallest absolute Gasteiger partial charge is 0.240 e. The van der Waals surface area contributed by atoms with Crippen LogP contribution in [0.3, 0.4) is 0 Å². The topological polar surface area (TPSA) is 189 Å². The molecule has 2 amide bonds. The second kappa shape index (κ2) is 18.9. The molecule has 16 heteroatoms. The van der Waals surface area contributed by atoms with E-state index < -0.39 is 30.5 Å². The zero-order chi connectivity index (χ0) is 47.4. The zero-order valence-corrected chi connectivity index (χ0v) is 39.6. The number of halogens is 1. The molecule has 2 aromatic carbocycles. The third-order valence-electron chi connectivity index (χ3n) is 14.7. The molecule has 0 spiro atoms. The number of H-pyrrole nitrogens is 2. The van der Waals surface area contributed by atoms with E-state index >= 15 is 4.39 Å². The number of hydrogen-bond donors (Lipinski definition) is 5. The van der Waals surface area contributed by atoms with Crippen molar-refractivity contribution in [2.45, 2.75) is 128 Å². The average molecular weight is 930 g/mol. The fraction of sp³-hybridized carbons (Fsp3) is 0.500. The highest BCUT2D eigenvalue weighted by molar-refractivity contribution is 5.92. The van der Waals surface area contributed by atoms with E-state index in [0.29, 0.717) is 59.4 Å². The second-order valence-corrected chi connectivity index (χ2v) is 19.9. The van der Waals surface area contributed by atoms with E-state index in [1.54, 1.807) is 12.4 Å². The summed E-state index contributed by atoms with van der Waals surface area (Å²) in [5.41, 5.74) is 11.2. The van der Waals surface area contributed by atoms with Crippen molar-refractivity contribution >= 4 is 22.7 Å². The fourth-order valence-corrected chi connectivity index (χ4v) is 10.9. The molecule has 3 aliphatic heterocycles. The predicted molar refractivity (Wildman–Crippen MR) is 256 cm³/mol. The van der Waals surface area contributed by atoms with Crippen molar-refractivity contribution in [3.05, 3.63) is 90.2 Å². The Bertz CT molecular complexity index is 2730. The summed E-state index contributed by atoms with van der Waals surface area (Å²) >= 11 is 0. The first-order chi connectivity index (χ1) is 32.9. The molecular weight excluding hydrogens is 866 g/mol. The van der Waals surface area contributed by atoms with Crippen LogP contribution in [0.5, 0.6) is 5.75 Å². The lowest BCUT2D eigenvalue weighted by Gasteiger charge is -2.35. The molecule has 6 heterocycles. The van der Waals surface area contributed by atoms with Gasteiger partial charge in [-0.1, -0.05) is 39.8 Å². The number of nitrogens with one attached hydrogen (secondary N) is 3. The molecule has 0 bridgehead atoms. The Hall–Kier alpha value is -5.81. The number of carbonyl (C=O) groups excluding carboxylic acids is 2. The van der Waals surface area contributed by atoms with E-state index in [-0.39, 0.29) is 47.8 Å².